The molecule has 2 aromatic carbocycles. The van der Waals surface area contributed by atoms with Gasteiger partial charge < -0.3 is 9.47 Å². The molecule has 0 aromatic heterocycles. The molecule has 0 bridgehead atoms. The van der Waals surface area contributed by atoms with Crippen LogP contribution < -0.4 is 9.47 Å². The van der Waals surface area contributed by atoms with Crippen LogP contribution in [0.1, 0.15) is 93.4 Å². The zero-order chi connectivity index (χ0) is 24.7. The normalized spacial score (nSPS) is 21.9. The Hall–Kier alpha value is -2.04. The maximum atomic E-state index is 5.72. The molecule has 0 radical (unpaired) electrons. The summed E-state index contributed by atoms with van der Waals surface area (Å²) < 4.78 is 11.4. The highest BCUT2D eigenvalue weighted by Crippen LogP contribution is 2.41. The summed E-state index contributed by atoms with van der Waals surface area (Å²) in [4.78, 5) is 5.70. The van der Waals surface area contributed by atoms with Gasteiger partial charge in [-0.1, -0.05) is 68.9 Å². The fourth-order valence-electron chi connectivity index (χ4n) is 7.21. The van der Waals surface area contributed by atoms with Gasteiger partial charge in [0.15, 0.2) is 11.5 Å². The maximum Gasteiger partial charge on any atom is 0.161 e. The summed E-state index contributed by atoms with van der Waals surface area (Å²) in [5.74, 6) is 1.67. The third-order valence-corrected chi connectivity index (χ3v) is 9.04. The van der Waals surface area contributed by atoms with Crippen LogP contribution in [0.4, 0.5) is 0 Å². The molecule has 1 aliphatic heterocycles. The lowest BCUT2D eigenvalue weighted by atomic mass is 9.87. The highest BCUT2D eigenvalue weighted by atomic mass is 16.5. The van der Waals surface area contributed by atoms with Crippen molar-refractivity contribution in [3.05, 3.63) is 59.2 Å². The molecule has 0 N–H and O–H groups in total. The summed E-state index contributed by atoms with van der Waals surface area (Å²) in [5.41, 5.74) is 4.15. The largest absolute Gasteiger partial charge is 0.493 e. The molecule has 1 heterocycles. The van der Waals surface area contributed by atoms with Gasteiger partial charge in [0.25, 0.3) is 0 Å². The molecular weight excluding hydrogens is 444 g/mol. The first-order valence-electron chi connectivity index (χ1n) is 14.6. The molecule has 2 aromatic rings. The van der Waals surface area contributed by atoms with Crippen LogP contribution >= 0.6 is 0 Å². The average Bonchev–Trinajstić information content (AvgIpc) is 2.95. The van der Waals surface area contributed by atoms with Crippen LogP contribution in [0.3, 0.4) is 0 Å². The first kappa shape index (κ1) is 25.6. The number of ether oxygens (including phenoxy) is 2. The predicted molar refractivity (Wildman–Crippen MR) is 148 cm³/mol. The quantitative estimate of drug-likeness (QED) is 0.377. The summed E-state index contributed by atoms with van der Waals surface area (Å²) in [7, 11) is 3.48. The second kappa shape index (κ2) is 12.5. The molecule has 0 saturated heterocycles. The number of hydrogen-bond acceptors (Lipinski definition) is 4. The molecule has 2 fully saturated rings. The van der Waals surface area contributed by atoms with Gasteiger partial charge >= 0.3 is 0 Å². The fraction of sp³-hybridized carbons (Fsp3) is 0.625. The number of methoxy groups -OCH3 is 2. The molecule has 196 valence electrons. The monoisotopic (exact) mass is 490 g/mol. The summed E-state index contributed by atoms with van der Waals surface area (Å²) >= 11 is 0. The SMILES string of the molecule is COc1cc2c(cc1OC)C(c1ccccc1)N(CCCN(C1CCCCC1)C1CCCCC1)CC2. The molecule has 0 amide bonds. The Labute approximate surface area is 219 Å². The fourth-order valence-corrected chi connectivity index (χ4v) is 7.21. The minimum atomic E-state index is 0.271. The molecule has 2 aliphatic carbocycles. The first-order valence-corrected chi connectivity index (χ1v) is 14.6. The molecule has 3 aliphatic rings. The van der Waals surface area contributed by atoms with E-state index in [-0.39, 0.29) is 6.04 Å². The molecule has 4 nitrogen and oxygen atoms in total. The third-order valence-electron chi connectivity index (χ3n) is 9.04. The summed E-state index contributed by atoms with van der Waals surface area (Å²) in [6.07, 6.45) is 16.6. The molecular formula is C32H46N2O2. The van der Waals surface area contributed by atoms with Crippen molar-refractivity contribution in [1.29, 1.82) is 0 Å². The Morgan fingerprint density at radius 1 is 0.806 bits per heavy atom. The molecule has 2 saturated carbocycles. The van der Waals surface area contributed by atoms with Crippen molar-refractivity contribution in [2.45, 2.75) is 95.2 Å². The van der Waals surface area contributed by atoms with E-state index in [0.29, 0.717) is 0 Å². The molecule has 36 heavy (non-hydrogen) atoms. The molecule has 1 unspecified atom stereocenters. The van der Waals surface area contributed by atoms with Gasteiger partial charge in [-0.2, -0.15) is 0 Å². The van der Waals surface area contributed by atoms with Crippen LogP contribution in [-0.2, 0) is 6.42 Å². The van der Waals surface area contributed by atoms with E-state index < -0.39 is 0 Å². The van der Waals surface area contributed by atoms with E-state index in [4.69, 9.17) is 9.47 Å². The van der Waals surface area contributed by atoms with Gasteiger partial charge in [-0.25, -0.2) is 0 Å². The Morgan fingerprint density at radius 2 is 1.42 bits per heavy atom. The van der Waals surface area contributed by atoms with Gasteiger partial charge in [0.05, 0.1) is 20.3 Å². The van der Waals surface area contributed by atoms with Gasteiger partial charge in [-0.15, -0.1) is 0 Å². The molecule has 4 heteroatoms. The van der Waals surface area contributed by atoms with Crippen LogP contribution in [0.2, 0.25) is 0 Å². The van der Waals surface area contributed by atoms with Gasteiger partial charge in [0.2, 0.25) is 0 Å². The predicted octanol–water partition coefficient (Wildman–Crippen LogP) is 7.01. The van der Waals surface area contributed by atoms with E-state index >= 15 is 0 Å². The Balaban J connectivity index is 1.34. The van der Waals surface area contributed by atoms with Crippen molar-refractivity contribution in [2.24, 2.45) is 0 Å². The van der Waals surface area contributed by atoms with E-state index in [0.717, 1.165) is 43.1 Å². The van der Waals surface area contributed by atoms with Crippen molar-refractivity contribution in [1.82, 2.24) is 9.80 Å². The highest BCUT2D eigenvalue weighted by molar-refractivity contribution is 5.51. The summed E-state index contributed by atoms with van der Waals surface area (Å²) in [5, 5.41) is 0. The number of fused-ring (bicyclic) bond motifs is 1. The van der Waals surface area contributed by atoms with E-state index in [1.54, 1.807) is 14.2 Å². The summed E-state index contributed by atoms with van der Waals surface area (Å²) in [6.45, 7) is 3.49. The topological polar surface area (TPSA) is 24.9 Å². The van der Waals surface area contributed by atoms with Crippen LogP contribution in [0.5, 0.6) is 11.5 Å². The Morgan fingerprint density at radius 3 is 2.03 bits per heavy atom. The van der Waals surface area contributed by atoms with E-state index in [9.17, 15) is 0 Å². The second-order valence-electron chi connectivity index (χ2n) is 11.2. The maximum absolute atomic E-state index is 5.72. The zero-order valence-corrected chi connectivity index (χ0v) is 22.6. The smallest absolute Gasteiger partial charge is 0.161 e. The summed E-state index contributed by atoms with van der Waals surface area (Å²) in [6, 6.07) is 17.4. The van der Waals surface area contributed by atoms with Gasteiger partial charge in [-0.3, -0.25) is 9.80 Å². The standard InChI is InChI=1S/C32H46N2O2/c1-35-30-23-26-19-22-33(32(25-13-6-3-7-14-25)29(26)24-31(30)36-2)20-12-21-34(27-15-8-4-9-16-27)28-17-10-5-11-18-28/h3,6-7,13-14,23-24,27-28,32H,4-5,8-12,15-22H2,1-2H3. The first-order chi connectivity index (χ1) is 17.8. The third kappa shape index (κ3) is 5.75. The van der Waals surface area contributed by atoms with Crippen molar-refractivity contribution < 1.29 is 9.47 Å². The van der Waals surface area contributed by atoms with Crippen molar-refractivity contribution in [2.75, 3.05) is 33.9 Å². The van der Waals surface area contributed by atoms with Crippen LogP contribution in [0, 0.1) is 0 Å². The van der Waals surface area contributed by atoms with Gasteiger partial charge in [0.1, 0.15) is 0 Å². The number of nitrogens with zero attached hydrogens (tertiary/aromatic N) is 2. The number of benzene rings is 2. The highest BCUT2D eigenvalue weighted by Gasteiger charge is 2.32. The van der Waals surface area contributed by atoms with Crippen molar-refractivity contribution in [3.63, 3.8) is 0 Å². The van der Waals surface area contributed by atoms with Crippen molar-refractivity contribution in [3.8, 4) is 11.5 Å². The molecule has 0 spiro atoms. The van der Waals surface area contributed by atoms with E-state index in [1.807, 2.05) is 0 Å². The lowest BCUT2D eigenvalue weighted by molar-refractivity contribution is 0.0736. The molecule has 5 rings (SSSR count). The zero-order valence-electron chi connectivity index (χ0n) is 22.6. The minimum absolute atomic E-state index is 0.271. The lowest BCUT2D eigenvalue weighted by Crippen LogP contribution is -2.46. The second-order valence-corrected chi connectivity index (χ2v) is 11.2. The van der Waals surface area contributed by atoms with Gasteiger partial charge in [0, 0.05) is 25.2 Å². The van der Waals surface area contributed by atoms with Crippen LogP contribution in [0.25, 0.3) is 0 Å². The van der Waals surface area contributed by atoms with Crippen LogP contribution in [0.15, 0.2) is 42.5 Å². The number of rotatable bonds is 9. The Kier molecular flexibility index (Phi) is 8.87. The Bertz CT molecular complexity index is 932. The molecule has 1 atom stereocenters. The van der Waals surface area contributed by atoms with Crippen LogP contribution in [-0.4, -0.2) is 55.7 Å². The van der Waals surface area contributed by atoms with Crippen molar-refractivity contribution >= 4 is 0 Å². The number of hydrogen-bond donors (Lipinski definition) is 0. The average molecular weight is 491 g/mol. The minimum Gasteiger partial charge on any atom is -0.493 e. The lowest BCUT2D eigenvalue weighted by Gasteiger charge is -2.43. The van der Waals surface area contributed by atoms with E-state index in [2.05, 4.69) is 52.3 Å². The van der Waals surface area contributed by atoms with Gasteiger partial charge in [-0.05, 0) is 73.9 Å². The van der Waals surface area contributed by atoms with E-state index in [1.165, 1.54) is 93.9 Å².